The van der Waals surface area contributed by atoms with Gasteiger partial charge in [0, 0.05) is 0 Å². The Morgan fingerprint density at radius 2 is 1.55 bits per heavy atom. The van der Waals surface area contributed by atoms with Gasteiger partial charge in [-0.2, -0.15) is 35.4 Å². The first-order chi connectivity index (χ1) is 9.69. The van der Waals surface area contributed by atoms with E-state index in [1.165, 1.54) is 22.0 Å². The molecule has 0 fully saturated rings. The van der Waals surface area contributed by atoms with Gasteiger partial charge in [-0.15, -0.1) is 9.24 Å². The monoisotopic (exact) mass is 540 g/mol. The molecule has 0 radical (unpaired) electrons. The summed E-state index contributed by atoms with van der Waals surface area (Å²) in [6, 6.07) is 17.7. The Kier molecular flexibility index (Phi) is 21.0. The minimum Gasteiger partial charge on any atom is -0.358 e. The second-order valence-corrected chi connectivity index (χ2v) is 4.86. The van der Waals surface area contributed by atoms with Gasteiger partial charge in [0.2, 0.25) is 0 Å². The van der Waals surface area contributed by atoms with Crippen LogP contribution < -0.4 is 5.30 Å². The maximum Gasteiger partial charge on any atom is 2.00 e. The van der Waals surface area contributed by atoms with Crippen LogP contribution in [0.3, 0.4) is 0 Å². The van der Waals surface area contributed by atoms with Crippen LogP contribution in [0.2, 0.25) is 0 Å². The molecular formula is C20H31PU. The van der Waals surface area contributed by atoms with Gasteiger partial charge in [0.15, 0.2) is 0 Å². The van der Waals surface area contributed by atoms with Crippen molar-refractivity contribution in [3.05, 3.63) is 72.6 Å². The minimum atomic E-state index is 0. The van der Waals surface area contributed by atoms with Crippen LogP contribution in [0.5, 0.6) is 0 Å². The van der Waals surface area contributed by atoms with Crippen molar-refractivity contribution in [2.75, 3.05) is 0 Å². The van der Waals surface area contributed by atoms with Gasteiger partial charge < -0.3 is 7.43 Å². The Bertz CT molecular complexity index is 435. The zero-order chi connectivity index (χ0) is 15.4. The Morgan fingerprint density at radius 3 is 1.91 bits per heavy atom. The Morgan fingerprint density at radius 1 is 0.955 bits per heavy atom. The number of aryl methyl sites for hydroxylation is 3. The van der Waals surface area contributed by atoms with Crippen LogP contribution in [0.1, 0.15) is 44.4 Å². The molecule has 0 N–H and O–H groups in total. The van der Waals surface area contributed by atoms with Crippen LogP contribution >= 0.6 is 9.24 Å². The molecule has 0 heterocycles. The predicted octanol–water partition coefficient (Wildman–Crippen LogP) is 5.58. The normalized spacial score (nSPS) is 8.09. The molecular weight excluding hydrogens is 509 g/mol. The first kappa shape index (κ1) is 26.8. The molecule has 0 nitrogen and oxygen atoms in total. The Hall–Kier alpha value is -0.0781. The van der Waals surface area contributed by atoms with E-state index in [1.54, 1.807) is 0 Å². The molecule has 0 aliphatic carbocycles. The zero-order valence-corrected chi connectivity index (χ0v) is 20.4. The Balaban J connectivity index is -0.000000273. The second-order valence-electron chi connectivity index (χ2n) is 4.24. The van der Waals surface area contributed by atoms with Gasteiger partial charge >= 0.3 is 31.1 Å². The number of hydrogen-bond donors (Lipinski definition) is 0. The van der Waals surface area contributed by atoms with E-state index in [4.69, 9.17) is 0 Å². The summed E-state index contributed by atoms with van der Waals surface area (Å²) in [5, 5.41) is 1.32. The molecule has 2 aromatic carbocycles. The van der Waals surface area contributed by atoms with Crippen LogP contribution in [0.15, 0.2) is 42.5 Å². The van der Waals surface area contributed by atoms with E-state index in [2.05, 4.69) is 66.4 Å². The third-order valence-corrected chi connectivity index (χ3v) is 3.53. The molecule has 0 aliphatic heterocycles. The van der Waals surface area contributed by atoms with Crippen molar-refractivity contribution in [2.45, 2.75) is 47.5 Å². The molecule has 0 saturated heterocycles. The summed E-state index contributed by atoms with van der Waals surface area (Å²) in [6.07, 6.45) is 2.21. The maximum atomic E-state index is 3.19. The van der Waals surface area contributed by atoms with E-state index >= 15 is 0 Å². The minimum absolute atomic E-state index is 0. The van der Waals surface area contributed by atoms with Crippen molar-refractivity contribution in [3.8, 4) is 0 Å². The molecule has 0 saturated carbocycles. The van der Waals surface area contributed by atoms with E-state index in [0.29, 0.717) is 0 Å². The fourth-order valence-electron chi connectivity index (χ4n) is 1.79. The van der Waals surface area contributed by atoms with Gasteiger partial charge in [0.1, 0.15) is 0 Å². The van der Waals surface area contributed by atoms with Crippen molar-refractivity contribution in [2.24, 2.45) is 0 Å². The molecule has 2 heteroatoms. The molecule has 0 spiro atoms. The van der Waals surface area contributed by atoms with Gasteiger partial charge in [-0.3, -0.25) is 0 Å². The van der Waals surface area contributed by atoms with Crippen LogP contribution in [0, 0.1) is 51.5 Å². The van der Waals surface area contributed by atoms with Gasteiger partial charge in [-0.1, -0.05) is 65.3 Å². The van der Waals surface area contributed by atoms with Gasteiger partial charge in [0.25, 0.3) is 0 Å². The zero-order valence-electron chi connectivity index (χ0n) is 15.0. The van der Waals surface area contributed by atoms with Crippen LogP contribution in [0.25, 0.3) is 0 Å². The molecule has 0 bridgehead atoms. The SMILES string of the molecule is CC.CCc1[c-]cccc1C.CCc1ccccc1P.[CH3-].[U+2]. The molecule has 22 heavy (non-hydrogen) atoms. The van der Waals surface area contributed by atoms with E-state index < -0.39 is 0 Å². The van der Waals surface area contributed by atoms with Gasteiger partial charge in [-0.05, 0) is 17.3 Å². The first-order valence-corrected chi connectivity index (χ1v) is 8.06. The molecule has 1 unspecified atom stereocenters. The molecule has 2 rings (SSSR count). The Labute approximate surface area is 165 Å². The summed E-state index contributed by atoms with van der Waals surface area (Å²) in [7, 11) is 2.73. The quantitative estimate of drug-likeness (QED) is 0.345. The molecule has 0 aromatic heterocycles. The summed E-state index contributed by atoms with van der Waals surface area (Å²) in [5.74, 6) is 0. The summed E-state index contributed by atoms with van der Waals surface area (Å²) < 4.78 is 0. The predicted molar refractivity (Wildman–Crippen MR) is 102 cm³/mol. The summed E-state index contributed by atoms with van der Waals surface area (Å²) >= 11 is 0. The van der Waals surface area contributed by atoms with Crippen molar-refractivity contribution in [3.63, 3.8) is 0 Å². The smallest absolute Gasteiger partial charge is 0.358 e. The summed E-state index contributed by atoms with van der Waals surface area (Å²) in [4.78, 5) is 0. The number of rotatable bonds is 2. The van der Waals surface area contributed by atoms with E-state index in [0.717, 1.165) is 12.8 Å². The van der Waals surface area contributed by atoms with E-state index in [9.17, 15) is 0 Å². The van der Waals surface area contributed by atoms with E-state index in [1.807, 2.05) is 26.0 Å². The number of benzene rings is 2. The van der Waals surface area contributed by atoms with Crippen molar-refractivity contribution in [1.29, 1.82) is 0 Å². The third-order valence-electron chi connectivity index (χ3n) is 2.97. The van der Waals surface area contributed by atoms with Crippen molar-refractivity contribution < 1.29 is 31.1 Å². The molecule has 120 valence electrons. The molecule has 1 atom stereocenters. The summed E-state index contributed by atoms with van der Waals surface area (Å²) in [5.41, 5.74) is 4.10. The average Bonchev–Trinajstić information content (AvgIpc) is 2.51. The first-order valence-electron chi connectivity index (χ1n) is 7.48. The van der Waals surface area contributed by atoms with E-state index in [-0.39, 0.29) is 38.5 Å². The fraction of sp³-hybridized carbons (Fsp3) is 0.350. The fourth-order valence-corrected chi connectivity index (χ4v) is 2.20. The van der Waals surface area contributed by atoms with Crippen molar-refractivity contribution in [1.82, 2.24) is 0 Å². The topological polar surface area (TPSA) is 0 Å². The maximum absolute atomic E-state index is 3.19. The second kappa shape index (κ2) is 17.3. The van der Waals surface area contributed by atoms with Crippen LogP contribution in [-0.2, 0) is 12.8 Å². The molecule has 2 aromatic rings. The van der Waals surface area contributed by atoms with Crippen LogP contribution in [-0.4, -0.2) is 0 Å². The van der Waals surface area contributed by atoms with Crippen LogP contribution in [0.4, 0.5) is 0 Å². The van der Waals surface area contributed by atoms with Crippen molar-refractivity contribution >= 4 is 14.5 Å². The van der Waals surface area contributed by atoms with Gasteiger partial charge in [0.05, 0.1) is 0 Å². The molecule has 0 aliphatic rings. The number of hydrogen-bond acceptors (Lipinski definition) is 0. The third kappa shape index (κ3) is 10.6. The standard InChI is InChI=1S/C9H11.C8H11P.C2H6.CH3.U/c1-3-9-7-5-4-6-8(9)2;1-2-7-5-3-4-6-8(7)9;1-2;;/h4-6H,3H2,1-2H3;3-6H,2,9H2,1H3;1-2H3;1H3;/q-1;;;-1;+2. The van der Waals surface area contributed by atoms with Gasteiger partial charge in [-0.25, -0.2) is 0 Å². The largest absolute Gasteiger partial charge is 2.00 e. The molecule has 0 amide bonds. The summed E-state index contributed by atoms with van der Waals surface area (Å²) in [6.45, 7) is 10.4. The average molecular weight is 540 g/mol.